The average Bonchev–Trinajstić information content (AvgIpc) is 3.39. The summed E-state index contributed by atoms with van der Waals surface area (Å²) in [5.74, 6) is -1.56. The van der Waals surface area contributed by atoms with Crippen molar-refractivity contribution < 1.29 is 37.3 Å². The Morgan fingerprint density at radius 2 is 1.85 bits per heavy atom. The van der Waals surface area contributed by atoms with Crippen LogP contribution in [0.15, 0.2) is 30.4 Å². The highest BCUT2D eigenvalue weighted by molar-refractivity contribution is 5.80. The number of piperidine rings is 1. The second kappa shape index (κ2) is 14.2. The highest BCUT2D eigenvalue weighted by Gasteiger charge is 2.38. The Morgan fingerprint density at radius 1 is 1.13 bits per heavy atom. The van der Waals surface area contributed by atoms with Gasteiger partial charge in [-0.25, -0.2) is 18.6 Å². The Kier molecular flexibility index (Phi) is 10.5. The summed E-state index contributed by atoms with van der Waals surface area (Å²) in [5, 5.41) is 4.88. The van der Waals surface area contributed by atoms with Crippen molar-refractivity contribution >= 4 is 17.4 Å². The Labute approximate surface area is 275 Å². The normalized spacial score (nSPS) is 22.5. The van der Waals surface area contributed by atoms with Gasteiger partial charge in [-0.2, -0.15) is 9.61 Å². The minimum atomic E-state index is -1.04. The number of halogens is 2. The lowest BCUT2D eigenvalue weighted by atomic mass is 9.92. The summed E-state index contributed by atoms with van der Waals surface area (Å²) in [7, 11) is 0. The first kappa shape index (κ1) is 34.7. The number of ether oxygens (including phenoxy) is 5. The van der Waals surface area contributed by atoms with E-state index in [1.54, 1.807) is 11.4 Å². The molecule has 3 aliphatic rings. The summed E-state index contributed by atoms with van der Waals surface area (Å²) in [6, 6.07) is 3.97. The summed E-state index contributed by atoms with van der Waals surface area (Å²) >= 11 is 0. The van der Waals surface area contributed by atoms with Gasteiger partial charge in [0.25, 0.3) is 0 Å². The van der Waals surface area contributed by atoms with Crippen LogP contribution in [0.2, 0.25) is 0 Å². The van der Waals surface area contributed by atoms with Crippen LogP contribution in [0.25, 0.3) is 5.65 Å². The molecule has 0 aliphatic carbocycles. The second-order valence-electron chi connectivity index (χ2n) is 13.5. The lowest BCUT2D eigenvalue weighted by Gasteiger charge is -2.41. The molecule has 6 rings (SSSR count). The Balaban J connectivity index is 1.59. The quantitative estimate of drug-likeness (QED) is 0.229. The summed E-state index contributed by atoms with van der Waals surface area (Å²) in [6.07, 6.45) is 4.63. The third kappa shape index (κ3) is 8.28. The molecule has 256 valence electrons. The number of hydrogen-bond acceptors (Lipinski definition) is 9. The molecule has 2 aromatic heterocycles. The highest BCUT2D eigenvalue weighted by atomic mass is 19.2. The van der Waals surface area contributed by atoms with Gasteiger partial charge < -0.3 is 28.6 Å². The molecule has 0 saturated carbocycles. The number of benzene rings is 1. The molecule has 1 aromatic carbocycles. The zero-order valence-corrected chi connectivity index (χ0v) is 28.4. The summed E-state index contributed by atoms with van der Waals surface area (Å²) in [4.78, 5) is 20.5. The van der Waals surface area contributed by atoms with Crippen molar-refractivity contribution in [3.63, 3.8) is 0 Å². The van der Waals surface area contributed by atoms with Gasteiger partial charge in [0, 0.05) is 42.9 Å². The molecular formula is C35H46F2N4O6. The molecular weight excluding hydrogens is 610 g/mol. The number of aryl methyl sites for hydroxylation is 1. The third-order valence-corrected chi connectivity index (χ3v) is 8.31. The zero-order chi connectivity index (χ0) is 33.9. The van der Waals surface area contributed by atoms with Crippen molar-refractivity contribution in [1.82, 2.24) is 14.6 Å². The van der Waals surface area contributed by atoms with Gasteiger partial charge >= 0.3 is 5.97 Å². The summed E-state index contributed by atoms with van der Waals surface area (Å²) in [6.45, 7) is 15.2. The van der Waals surface area contributed by atoms with Crippen molar-refractivity contribution in [2.24, 2.45) is 0 Å². The van der Waals surface area contributed by atoms with Crippen LogP contribution in [0, 0.1) is 18.6 Å². The fourth-order valence-electron chi connectivity index (χ4n) is 5.90. The number of anilines is 1. The van der Waals surface area contributed by atoms with Crippen molar-refractivity contribution in [3.05, 3.63) is 64.5 Å². The topological polar surface area (TPSA) is 96.7 Å². The SMILES string of the molecule is CCOC(=O)[C@@H](OC(C)(C)C)c1c(C)nc2cc3nn2c1N1CCC(C)(CC1)OC/C=C\C[C@H](C)Oc1cc(F)c(F)cc1COC3. The lowest BCUT2D eigenvalue weighted by Crippen LogP contribution is -2.45. The predicted molar refractivity (Wildman–Crippen MR) is 172 cm³/mol. The maximum atomic E-state index is 14.3. The molecule has 1 saturated heterocycles. The molecule has 3 aromatic rings. The molecule has 0 unspecified atom stereocenters. The maximum absolute atomic E-state index is 14.3. The van der Waals surface area contributed by atoms with Crippen LogP contribution in [0.1, 0.15) is 89.4 Å². The number of fused-ring (bicyclic) bond motifs is 9. The second-order valence-corrected chi connectivity index (χ2v) is 13.5. The van der Waals surface area contributed by atoms with Crippen LogP contribution in [0.4, 0.5) is 14.6 Å². The van der Waals surface area contributed by atoms with E-state index in [0.717, 1.165) is 25.0 Å². The third-order valence-electron chi connectivity index (χ3n) is 8.31. The predicted octanol–water partition coefficient (Wildman–Crippen LogP) is 6.55. The molecule has 4 bridgehead atoms. The minimum absolute atomic E-state index is 0.0313. The molecule has 0 spiro atoms. The number of esters is 1. The van der Waals surface area contributed by atoms with Gasteiger partial charge in [-0.15, -0.1) is 0 Å². The number of rotatable bonds is 4. The zero-order valence-electron chi connectivity index (χ0n) is 28.4. The van der Waals surface area contributed by atoms with E-state index in [1.165, 1.54) is 0 Å². The summed E-state index contributed by atoms with van der Waals surface area (Å²) < 4.78 is 60.4. The number of nitrogens with zero attached hydrogens (tertiary/aromatic N) is 4. The van der Waals surface area contributed by atoms with E-state index < -0.39 is 29.3 Å². The van der Waals surface area contributed by atoms with E-state index in [1.807, 2.05) is 52.8 Å². The first-order chi connectivity index (χ1) is 22.3. The van der Waals surface area contributed by atoms with E-state index in [2.05, 4.69) is 11.8 Å². The molecule has 12 heteroatoms. The molecule has 0 amide bonds. The van der Waals surface area contributed by atoms with Crippen LogP contribution in [0.3, 0.4) is 0 Å². The first-order valence-electron chi connectivity index (χ1n) is 16.3. The van der Waals surface area contributed by atoms with Gasteiger partial charge in [0.05, 0.1) is 55.0 Å². The van der Waals surface area contributed by atoms with Crippen molar-refractivity contribution in [2.45, 2.75) is 104 Å². The van der Waals surface area contributed by atoms with E-state index in [4.69, 9.17) is 33.8 Å². The molecule has 1 fully saturated rings. The lowest BCUT2D eigenvalue weighted by molar-refractivity contribution is -0.166. The van der Waals surface area contributed by atoms with Crippen LogP contribution in [-0.4, -0.2) is 64.2 Å². The van der Waals surface area contributed by atoms with E-state index in [0.29, 0.717) is 60.1 Å². The van der Waals surface area contributed by atoms with Crippen molar-refractivity contribution in [3.8, 4) is 5.75 Å². The van der Waals surface area contributed by atoms with Gasteiger partial charge in [0.15, 0.2) is 23.4 Å². The maximum Gasteiger partial charge on any atom is 0.340 e. The van der Waals surface area contributed by atoms with Crippen molar-refractivity contribution in [1.29, 1.82) is 0 Å². The fourth-order valence-corrected chi connectivity index (χ4v) is 5.90. The van der Waals surface area contributed by atoms with Crippen LogP contribution < -0.4 is 9.64 Å². The standard InChI is InChI=1S/C35H46F2N4O6/c1-8-44-33(42)31(47-34(4,5)6)30-23(3)38-29-18-25-21-43-20-24-17-26(36)27(37)19-28(24)46-22(2)11-9-10-16-45-35(7)12-14-40(15-13-35)32(30)41(29)39-25/h9-10,17-19,22,31H,8,11-16,20-21H2,1-7H3/b10-9-/t22-,31-/m0/s1. The van der Waals surface area contributed by atoms with E-state index in [-0.39, 0.29) is 37.3 Å². The van der Waals surface area contributed by atoms with Crippen LogP contribution >= 0.6 is 0 Å². The molecule has 0 N–H and O–H groups in total. The Hall–Kier alpha value is -3.61. The van der Waals surface area contributed by atoms with Gasteiger partial charge in [-0.05, 0) is 67.4 Å². The molecule has 3 aliphatic heterocycles. The largest absolute Gasteiger partial charge is 0.490 e. The number of hydrogen-bond donors (Lipinski definition) is 0. The molecule has 5 heterocycles. The Morgan fingerprint density at radius 3 is 2.55 bits per heavy atom. The van der Waals surface area contributed by atoms with Crippen LogP contribution in [0.5, 0.6) is 5.75 Å². The number of carbonyl (C=O) groups excluding carboxylic acids is 1. The van der Waals surface area contributed by atoms with Crippen molar-refractivity contribution in [2.75, 3.05) is 31.2 Å². The smallest absolute Gasteiger partial charge is 0.340 e. The molecule has 47 heavy (non-hydrogen) atoms. The van der Waals surface area contributed by atoms with Crippen LogP contribution in [-0.2, 0) is 37.0 Å². The fraction of sp³-hybridized carbons (Fsp3) is 0.571. The van der Waals surface area contributed by atoms with Gasteiger partial charge in [0.2, 0.25) is 0 Å². The summed E-state index contributed by atoms with van der Waals surface area (Å²) in [5.41, 5.74) is 1.71. The highest BCUT2D eigenvalue weighted by Crippen LogP contribution is 2.38. The molecule has 0 radical (unpaired) electrons. The minimum Gasteiger partial charge on any atom is -0.490 e. The van der Waals surface area contributed by atoms with Gasteiger partial charge in [-0.3, -0.25) is 0 Å². The van der Waals surface area contributed by atoms with E-state index >= 15 is 0 Å². The Bertz CT molecular complexity index is 1610. The first-order valence-corrected chi connectivity index (χ1v) is 16.3. The average molecular weight is 657 g/mol. The molecule has 2 atom stereocenters. The number of carbonyl (C=O) groups is 1. The molecule has 10 nitrogen and oxygen atoms in total. The monoisotopic (exact) mass is 656 g/mol. The van der Waals surface area contributed by atoms with Gasteiger partial charge in [-0.1, -0.05) is 12.2 Å². The number of aromatic nitrogens is 3. The van der Waals surface area contributed by atoms with E-state index in [9.17, 15) is 13.6 Å². The van der Waals surface area contributed by atoms with Gasteiger partial charge in [0.1, 0.15) is 11.6 Å².